The molecule has 2 aromatic rings. The van der Waals surface area contributed by atoms with Crippen LogP contribution in [0.1, 0.15) is 12.0 Å². The van der Waals surface area contributed by atoms with Gasteiger partial charge in [0, 0.05) is 24.5 Å². The Bertz CT molecular complexity index is 674. The maximum absolute atomic E-state index is 8.81. The molecule has 104 valence electrons. The number of para-hydroxylation sites is 1. The minimum absolute atomic E-state index is 0.0597. The number of imidazole rings is 1. The second-order valence-corrected chi connectivity index (χ2v) is 4.32. The molecule has 0 aliphatic carbocycles. The number of ether oxygens (including phenoxy) is 1. The van der Waals surface area contributed by atoms with E-state index in [0.717, 1.165) is 18.5 Å². The molecular weight excluding hydrogens is 264 g/mol. The van der Waals surface area contributed by atoms with Crippen LogP contribution in [0, 0.1) is 22.7 Å². The summed E-state index contributed by atoms with van der Waals surface area (Å²) in [5, 5.41) is 17.6. The number of aryl methyl sites for hydroxylation is 1. The van der Waals surface area contributed by atoms with Crippen molar-refractivity contribution in [1.29, 1.82) is 10.5 Å². The van der Waals surface area contributed by atoms with Crippen LogP contribution in [0.2, 0.25) is 0 Å². The van der Waals surface area contributed by atoms with Gasteiger partial charge in [0.2, 0.25) is 0 Å². The number of benzene rings is 1. The Morgan fingerprint density at radius 1 is 1.29 bits per heavy atom. The predicted octanol–water partition coefficient (Wildman–Crippen LogP) is 2.78. The van der Waals surface area contributed by atoms with E-state index in [1.807, 2.05) is 47.2 Å². The van der Waals surface area contributed by atoms with Crippen LogP contribution in [0.4, 0.5) is 0 Å². The lowest BCUT2D eigenvalue weighted by atomic mass is 10.1. The number of aromatic nitrogens is 2. The van der Waals surface area contributed by atoms with Crippen molar-refractivity contribution < 1.29 is 4.74 Å². The van der Waals surface area contributed by atoms with Gasteiger partial charge in [0.15, 0.2) is 0 Å². The summed E-state index contributed by atoms with van der Waals surface area (Å²) >= 11 is 0. The first-order valence-electron chi connectivity index (χ1n) is 6.53. The molecule has 5 heteroatoms. The van der Waals surface area contributed by atoms with Crippen molar-refractivity contribution in [2.45, 2.75) is 13.0 Å². The van der Waals surface area contributed by atoms with Gasteiger partial charge in [-0.15, -0.1) is 0 Å². The molecule has 0 unspecified atom stereocenters. The first-order valence-corrected chi connectivity index (χ1v) is 6.53. The molecule has 1 aromatic carbocycles. The molecule has 0 saturated heterocycles. The normalized spacial score (nSPS) is 9.43. The van der Waals surface area contributed by atoms with E-state index in [0.29, 0.717) is 12.4 Å². The van der Waals surface area contributed by atoms with E-state index in [1.165, 1.54) is 6.08 Å². The van der Waals surface area contributed by atoms with Crippen LogP contribution in [0.15, 0.2) is 48.6 Å². The van der Waals surface area contributed by atoms with Gasteiger partial charge in [-0.3, -0.25) is 0 Å². The van der Waals surface area contributed by atoms with Crippen LogP contribution in [-0.2, 0) is 6.54 Å². The molecule has 1 aromatic heterocycles. The summed E-state index contributed by atoms with van der Waals surface area (Å²) in [5.74, 6) is 0.672. The Kier molecular flexibility index (Phi) is 5.14. The Morgan fingerprint density at radius 2 is 2.10 bits per heavy atom. The number of nitrogens with zero attached hydrogens (tertiary/aromatic N) is 4. The fourth-order valence-electron chi connectivity index (χ4n) is 1.82. The van der Waals surface area contributed by atoms with Gasteiger partial charge in [-0.2, -0.15) is 10.5 Å². The van der Waals surface area contributed by atoms with Gasteiger partial charge in [0.25, 0.3) is 0 Å². The molecule has 0 aliphatic heterocycles. The van der Waals surface area contributed by atoms with E-state index in [4.69, 9.17) is 15.3 Å². The van der Waals surface area contributed by atoms with Crippen LogP contribution in [0.5, 0.6) is 5.75 Å². The number of allylic oxidation sites excluding steroid dienone is 1. The third-order valence-corrected chi connectivity index (χ3v) is 2.84. The molecule has 0 bridgehead atoms. The first-order chi connectivity index (χ1) is 10.3. The second kappa shape index (κ2) is 7.52. The highest BCUT2D eigenvalue weighted by atomic mass is 16.5. The topological polar surface area (TPSA) is 74.6 Å². The van der Waals surface area contributed by atoms with Gasteiger partial charge in [0.1, 0.15) is 23.5 Å². The standard InChI is InChI=1S/C16H14N4O/c17-11-14(12-18)10-15-4-1-2-5-16(15)21-9-3-7-20-8-6-19-13-20/h1-2,4-6,8,10,13H,3,7,9H2. The van der Waals surface area contributed by atoms with Crippen LogP contribution >= 0.6 is 0 Å². The molecule has 5 nitrogen and oxygen atoms in total. The minimum Gasteiger partial charge on any atom is -0.493 e. The summed E-state index contributed by atoms with van der Waals surface area (Å²) in [6.45, 7) is 1.39. The zero-order chi connectivity index (χ0) is 14.9. The summed E-state index contributed by atoms with van der Waals surface area (Å²) in [5.41, 5.74) is 0.794. The van der Waals surface area contributed by atoms with Gasteiger partial charge < -0.3 is 9.30 Å². The Balaban J connectivity index is 1.96. The lowest BCUT2D eigenvalue weighted by molar-refractivity contribution is 0.301. The van der Waals surface area contributed by atoms with Crippen molar-refractivity contribution in [3.05, 3.63) is 54.1 Å². The third-order valence-electron chi connectivity index (χ3n) is 2.84. The molecule has 0 atom stereocenters. The summed E-state index contributed by atoms with van der Waals surface area (Å²) in [6, 6.07) is 11.0. The second-order valence-electron chi connectivity index (χ2n) is 4.32. The fourth-order valence-corrected chi connectivity index (χ4v) is 1.82. The van der Waals surface area contributed by atoms with Gasteiger partial charge in [0.05, 0.1) is 12.9 Å². The van der Waals surface area contributed by atoms with Crippen LogP contribution in [0.3, 0.4) is 0 Å². The maximum atomic E-state index is 8.81. The zero-order valence-corrected chi connectivity index (χ0v) is 11.4. The predicted molar refractivity (Wildman–Crippen MR) is 78.0 cm³/mol. The summed E-state index contributed by atoms with van der Waals surface area (Å²) in [4.78, 5) is 3.98. The molecule has 0 N–H and O–H groups in total. The lowest BCUT2D eigenvalue weighted by Crippen LogP contribution is -2.03. The van der Waals surface area contributed by atoms with Crippen molar-refractivity contribution in [1.82, 2.24) is 9.55 Å². The van der Waals surface area contributed by atoms with Crippen LogP contribution < -0.4 is 4.74 Å². The minimum atomic E-state index is 0.0597. The highest BCUT2D eigenvalue weighted by molar-refractivity contribution is 5.66. The smallest absolute Gasteiger partial charge is 0.130 e. The Hall–Kier alpha value is -3.05. The summed E-state index contributed by atoms with van der Waals surface area (Å²) in [6.07, 6.45) is 7.79. The number of hydrogen-bond donors (Lipinski definition) is 0. The molecule has 0 aliphatic rings. The van der Waals surface area contributed by atoms with E-state index < -0.39 is 0 Å². The van der Waals surface area contributed by atoms with E-state index >= 15 is 0 Å². The number of hydrogen-bond acceptors (Lipinski definition) is 4. The van der Waals surface area contributed by atoms with Crippen LogP contribution in [-0.4, -0.2) is 16.2 Å². The van der Waals surface area contributed by atoms with Crippen LogP contribution in [0.25, 0.3) is 6.08 Å². The molecule has 1 heterocycles. The van der Waals surface area contributed by atoms with Crippen molar-refractivity contribution in [2.75, 3.05) is 6.61 Å². The Morgan fingerprint density at radius 3 is 2.81 bits per heavy atom. The van der Waals surface area contributed by atoms with Gasteiger partial charge in [-0.1, -0.05) is 18.2 Å². The lowest BCUT2D eigenvalue weighted by Gasteiger charge is -2.09. The van der Waals surface area contributed by atoms with E-state index in [2.05, 4.69) is 4.98 Å². The molecular formula is C16H14N4O. The molecule has 0 saturated carbocycles. The van der Waals surface area contributed by atoms with E-state index in [1.54, 1.807) is 12.5 Å². The summed E-state index contributed by atoms with van der Waals surface area (Å²) < 4.78 is 7.71. The average molecular weight is 278 g/mol. The molecule has 2 rings (SSSR count). The number of nitriles is 2. The third kappa shape index (κ3) is 4.22. The largest absolute Gasteiger partial charge is 0.493 e. The SMILES string of the molecule is N#CC(C#N)=Cc1ccccc1OCCCn1ccnc1. The van der Waals surface area contributed by atoms with Crippen molar-refractivity contribution in [3.63, 3.8) is 0 Å². The van der Waals surface area contributed by atoms with E-state index in [9.17, 15) is 0 Å². The van der Waals surface area contributed by atoms with Gasteiger partial charge in [-0.25, -0.2) is 4.98 Å². The fraction of sp³-hybridized carbons (Fsp3) is 0.188. The summed E-state index contributed by atoms with van der Waals surface area (Å²) in [7, 11) is 0. The van der Waals surface area contributed by atoms with E-state index in [-0.39, 0.29) is 5.57 Å². The molecule has 0 fully saturated rings. The average Bonchev–Trinajstić information content (AvgIpc) is 3.03. The zero-order valence-electron chi connectivity index (χ0n) is 11.4. The van der Waals surface area contributed by atoms with Crippen molar-refractivity contribution in [3.8, 4) is 17.9 Å². The number of rotatable bonds is 6. The maximum Gasteiger partial charge on any atom is 0.130 e. The molecule has 21 heavy (non-hydrogen) atoms. The highest BCUT2D eigenvalue weighted by Gasteiger charge is 2.02. The molecule has 0 amide bonds. The van der Waals surface area contributed by atoms with Crippen molar-refractivity contribution in [2.24, 2.45) is 0 Å². The van der Waals surface area contributed by atoms with Gasteiger partial charge >= 0.3 is 0 Å². The first kappa shape index (κ1) is 14.4. The molecule has 0 radical (unpaired) electrons. The van der Waals surface area contributed by atoms with Gasteiger partial charge in [-0.05, 0) is 18.6 Å². The molecule has 0 spiro atoms. The van der Waals surface area contributed by atoms with Crippen molar-refractivity contribution >= 4 is 6.08 Å². The monoisotopic (exact) mass is 278 g/mol. The highest BCUT2D eigenvalue weighted by Crippen LogP contribution is 2.21. The Labute approximate surface area is 123 Å². The quantitative estimate of drug-likeness (QED) is 0.601.